The zero-order chi connectivity index (χ0) is 16.9. The predicted molar refractivity (Wildman–Crippen MR) is 99.1 cm³/mol. The summed E-state index contributed by atoms with van der Waals surface area (Å²) in [7, 11) is 0. The lowest BCUT2D eigenvalue weighted by atomic mass is 10.3. The molecule has 0 fully saturated rings. The highest BCUT2D eigenvalue weighted by atomic mass is 79.9. The Morgan fingerprint density at radius 3 is 2.17 bits per heavy atom. The van der Waals surface area contributed by atoms with Gasteiger partial charge >= 0.3 is 0 Å². The molecule has 0 saturated heterocycles. The smallest absolute Gasteiger partial charge is 0.278 e. The fourth-order valence-electron chi connectivity index (χ4n) is 1.96. The molecule has 5 nitrogen and oxygen atoms in total. The van der Waals surface area contributed by atoms with Gasteiger partial charge in [-0.25, -0.2) is 9.97 Å². The maximum Gasteiger partial charge on any atom is 0.278 e. The zero-order valence-electron chi connectivity index (χ0n) is 12.4. The van der Waals surface area contributed by atoms with Crippen LogP contribution in [-0.2, 0) is 0 Å². The van der Waals surface area contributed by atoms with Crippen LogP contribution in [0, 0.1) is 0 Å². The molecule has 0 aliphatic carbocycles. The van der Waals surface area contributed by atoms with Crippen LogP contribution in [-0.4, -0.2) is 15.9 Å². The second kappa shape index (κ2) is 7.46. The van der Waals surface area contributed by atoms with Gasteiger partial charge in [0.2, 0.25) is 0 Å². The normalized spacial score (nSPS) is 10.4. The van der Waals surface area contributed by atoms with E-state index in [1.54, 1.807) is 11.8 Å². The van der Waals surface area contributed by atoms with E-state index < -0.39 is 0 Å². The van der Waals surface area contributed by atoms with Crippen LogP contribution in [0.4, 0.5) is 11.5 Å². The Labute approximate surface area is 151 Å². The average molecular weight is 401 g/mol. The second-order valence-electron chi connectivity index (χ2n) is 4.82. The van der Waals surface area contributed by atoms with Crippen molar-refractivity contribution in [2.24, 2.45) is 0 Å². The van der Waals surface area contributed by atoms with E-state index in [0.717, 1.165) is 14.3 Å². The molecule has 2 aromatic carbocycles. The molecular formula is C17H13BrN4OS. The summed E-state index contributed by atoms with van der Waals surface area (Å²) >= 11 is 5.07. The molecule has 1 heterocycles. The van der Waals surface area contributed by atoms with Crippen molar-refractivity contribution in [2.45, 2.75) is 9.79 Å². The molecule has 0 radical (unpaired) electrons. The SMILES string of the molecule is Nc1nccnc1C(=O)Nc1ccc(Sc2ccc(Br)cc2)cc1. The number of nitrogens with zero attached hydrogens (tertiary/aromatic N) is 2. The van der Waals surface area contributed by atoms with Gasteiger partial charge in [0.05, 0.1) is 0 Å². The maximum atomic E-state index is 12.1. The lowest BCUT2D eigenvalue weighted by molar-refractivity contribution is 0.102. The van der Waals surface area contributed by atoms with Crippen molar-refractivity contribution in [3.8, 4) is 0 Å². The summed E-state index contributed by atoms with van der Waals surface area (Å²) in [4.78, 5) is 22.2. The Morgan fingerprint density at radius 2 is 1.54 bits per heavy atom. The van der Waals surface area contributed by atoms with Crippen molar-refractivity contribution in [3.63, 3.8) is 0 Å². The van der Waals surface area contributed by atoms with Crippen LogP contribution in [0.3, 0.4) is 0 Å². The van der Waals surface area contributed by atoms with E-state index in [1.807, 2.05) is 48.5 Å². The summed E-state index contributed by atoms with van der Waals surface area (Å²) in [5.74, 6) is -0.272. The van der Waals surface area contributed by atoms with Gasteiger partial charge in [-0.1, -0.05) is 27.7 Å². The van der Waals surface area contributed by atoms with Crippen molar-refractivity contribution < 1.29 is 4.79 Å². The summed E-state index contributed by atoms with van der Waals surface area (Å²) < 4.78 is 1.05. The van der Waals surface area contributed by atoms with E-state index in [2.05, 4.69) is 31.2 Å². The minimum atomic E-state index is -0.381. The molecule has 0 spiro atoms. The zero-order valence-corrected chi connectivity index (χ0v) is 14.8. The molecule has 0 unspecified atom stereocenters. The van der Waals surface area contributed by atoms with Crippen molar-refractivity contribution in [3.05, 3.63) is 71.1 Å². The number of hydrogen-bond acceptors (Lipinski definition) is 5. The number of carbonyl (C=O) groups is 1. The number of halogens is 1. The first-order chi connectivity index (χ1) is 11.6. The molecule has 0 saturated carbocycles. The molecule has 3 rings (SSSR count). The molecule has 1 amide bonds. The van der Waals surface area contributed by atoms with Crippen molar-refractivity contribution >= 4 is 45.1 Å². The van der Waals surface area contributed by atoms with Gasteiger partial charge < -0.3 is 11.1 Å². The predicted octanol–water partition coefficient (Wildman–Crippen LogP) is 4.22. The number of carbonyl (C=O) groups excluding carboxylic acids is 1. The quantitative estimate of drug-likeness (QED) is 0.684. The van der Waals surface area contributed by atoms with Crippen molar-refractivity contribution in [1.29, 1.82) is 0 Å². The molecule has 1 aromatic heterocycles. The molecule has 0 aliphatic heterocycles. The number of nitrogens with one attached hydrogen (secondary N) is 1. The van der Waals surface area contributed by atoms with Crippen LogP contribution in [0.25, 0.3) is 0 Å². The Balaban J connectivity index is 1.67. The summed E-state index contributed by atoms with van der Waals surface area (Å²) in [5, 5.41) is 2.76. The Morgan fingerprint density at radius 1 is 0.958 bits per heavy atom. The van der Waals surface area contributed by atoms with Crippen LogP contribution in [0.1, 0.15) is 10.5 Å². The van der Waals surface area contributed by atoms with Gasteiger partial charge in [-0.2, -0.15) is 0 Å². The average Bonchev–Trinajstić information content (AvgIpc) is 2.59. The third kappa shape index (κ3) is 4.12. The first-order valence-corrected chi connectivity index (χ1v) is 8.64. The topological polar surface area (TPSA) is 80.9 Å². The first-order valence-electron chi connectivity index (χ1n) is 7.03. The lowest BCUT2D eigenvalue weighted by Crippen LogP contribution is -2.16. The molecule has 0 atom stereocenters. The van der Waals surface area contributed by atoms with Gasteiger partial charge in [0.1, 0.15) is 0 Å². The number of aromatic nitrogens is 2. The molecule has 0 aliphatic rings. The fourth-order valence-corrected chi connectivity index (χ4v) is 3.04. The van der Waals surface area contributed by atoms with Gasteiger partial charge in [-0.05, 0) is 48.5 Å². The lowest BCUT2D eigenvalue weighted by Gasteiger charge is -2.07. The molecule has 7 heteroatoms. The number of amides is 1. The van der Waals surface area contributed by atoms with E-state index >= 15 is 0 Å². The highest BCUT2D eigenvalue weighted by Gasteiger charge is 2.12. The summed E-state index contributed by atoms with van der Waals surface area (Å²) in [5.41, 5.74) is 6.44. The Hall–Kier alpha value is -2.38. The number of hydrogen-bond donors (Lipinski definition) is 2. The van der Waals surface area contributed by atoms with Gasteiger partial charge in [-0.3, -0.25) is 4.79 Å². The monoisotopic (exact) mass is 400 g/mol. The number of nitrogens with two attached hydrogens (primary N) is 1. The first kappa shape index (κ1) is 16.5. The largest absolute Gasteiger partial charge is 0.382 e. The van der Waals surface area contributed by atoms with Crippen LogP contribution in [0.15, 0.2) is 75.2 Å². The summed E-state index contributed by atoms with van der Waals surface area (Å²) in [6, 6.07) is 15.7. The van der Waals surface area contributed by atoms with Gasteiger partial charge in [0.15, 0.2) is 11.5 Å². The fraction of sp³-hybridized carbons (Fsp3) is 0. The molecule has 3 N–H and O–H groups in total. The molecule has 24 heavy (non-hydrogen) atoms. The molecule has 3 aromatic rings. The van der Waals surface area contributed by atoms with Crippen LogP contribution >= 0.6 is 27.7 Å². The summed E-state index contributed by atoms with van der Waals surface area (Å²) in [6.07, 6.45) is 2.88. The maximum absolute atomic E-state index is 12.1. The van der Waals surface area contributed by atoms with E-state index in [0.29, 0.717) is 5.69 Å². The van der Waals surface area contributed by atoms with Gasteiger partial charge in [0.25, 0.3) is 5.91 Å². The minimum Gasteiger partial charge on any atom is -0.382 e. The van der Waals surface area contributed by atoms with Crippen molar-refractivity contribution in [2.75, 3.05) is 11.1 Å². The van der Waals surface area contributed by atoms with Gasteiger partial charge in [-0.15, -0.1) is 0 Å². The Bertz CT molecular complexity index is 853. The van der Waals surface area contributed by atoms with E-state index in [9.17, 15) is 4.79 Å². The highest BCUT2D eigenvalue weighted by Crippen LogP contribution is 2.29. The number of anilines is 2. The summed E-state index contributed by atoms with van der Waals surface area (Å²) in [6.45, 7) is 0. The molecule has 120 valence electrons. The third-order valence-electron chi connectivity index (χ3n) is 3.10. The molecular weight excluding hydrogens is 388 g/mol. The Kier molecular flexibility index (Phi) is 5.12. The number of nitrogen functional groups attached to an aromatic ring is 1. The standard InChI is InChI=1S/C17H13BrN4OS/c18-11-1-5-13(6-2-11)24-14-7-3-12(4-8-14)22-17(23)15-16(19)21-10-9-20-15/h1-10H,(H2,19,21)(H,22,23). The highest BCUT2D eigenvalue weighted by molar-refractivity contribution is 9.10. The number of rotatable bonds is 4. The van der Waals surface area contributed by atoms with Gasteiger partial charge in [0, 0.05) is 32.3 Å². The van der Waals surface area contributed by atoms with Crippen LogP contribution in [0.5, 0.6) is 0 Å². The van der Waals surface area contributed by atoms with E-state index in [-0.39, 0.29) is 17.4 Å². The van der Waals surface area contributed by atoms with Crippen LogP contribution < -0.4 is 11.1 Å². The van der Waals surface area contributed by atoms with Crippen LogP contribution in [0.2, 0.25) is 0 Å². The van der Waals surface area contributed by atoms with E-state index in [4.69, 9.17) is 5.73 Å². The van der Waals surface area contributed by atoms with E-state index in [1.165, 1.54) is 12.4 Å². The third-order valence-corrected chi connectivity index (χ3v) is 4.65. The molecule has 0 bridgehead atoms. The minimum absolute atomic E-state index is 0.109. The number of benzene rings is 2. The van der Waals surface area contributed by atoms with Crippen molar-refractivity contribution in [1.82, 2.24) is 9.97 Å². The second-order valence-corrected chi connectivity index (χ2v) is 6.89.